The highest BCUT2D eigenvalue weighted by Crippen LogP contribution is 2.36. The van der Waals surface area contributed by atoms with Crippen LogP contribution in [0.25, 0.3) is 0 Å². The van der Waals surface area contributed by atoms with E-state index in [1.165, 1.54) is 6.07 Å². The smallest absolute Gasteiger partial charge is 0.341 e. The van der Waals surface area contributed by atoms with Crippen LogP contribution in [0.5, 0.6) is 0 Å². The van der Waals surface area contributed by atoms with E-state index in [2.05, 4.69) is 44.2 Å². The molecule has 0 radical (unpaired) electrons. The van der Waals surface area contributed by atoms with Crippen LogP contribution in [-0.4, -0.2) is 32.5 Å². The molecule has 0 spiro atoms. The van der Waals surface area contributed by atoms with E-state index in [1.54, 1.807) is 6.92 Å². The van der Waals surface area contributed by atoms with Crippen molar-refractivity contribution in [3.8, 4) is 6.07 Å². The van der Waals surface area contributed by atoms with Crippen molar-refractivity contribution in [1.82, 2.24) is 4.98 Å². The lowest BCUT2D eigenvalue weighted by atomic mass is 10.1. The SMILES string of the molecule is CCOC(=O)c1cc(C#N)c(Cl)nc1Nc1cccc(CCO[Si](C)(C)C(C)(C)C)c1. The van der Waals surface area contributed by atoms with Crippen LogP contribution in [-0.2, 0) is 15.6 Å². The maximum Gasteiger partial charge on any atom is 0.341 e. The Morgan fingerprint density at radius 1 is 1.29 bits per heavy atom. The summed E-state index contributed by atoms with van der Waals surface area (Å²) in [5.41, 5.74) is 2.13. The van der Waals surface area contributed by atoms with Gasteiger partial charge in [0.2, 0.25) is 0 Å². The fourth-order valence-electron chi connectivity index (χ4n) is 2.61. The molecule has 0 atom stereocenters. The van der Waals surface area contributed by atoms with E-state index >= 15 is 0 Å². The Kier molecular flexibility index (Phi) is 8.24. The number of halogens is 1. The number of nitrogens with one attached hydrogen (secondary N) is 1. The van der Waals surface area contributed by atoms with Crippen LogP contribution in [0.4, 0.5) is 11.5 Å². The predicted molar refractivity (Wildman–Crippen MR) is 126 cm³/mol. The number of esters is 1. The van der Waals surface area contributed by atoms with E-state index in [9.17, 15) is 10.1 Å². The Morgan fingerprint density at radius 3 is 2.61 bits per heavy atom. The molecule has 1 heterocycles. The maximum absolute atomic E-state index is 12.4. The minimum atomic E-state index is -1.79. The zero-order valence-electron chi connectivity index (χ0n) is 19.0. The number of rotatable bonds is 8. The summed E-state index contributed by atoms with van der Waals surface area (Å²) in [7, 11) is -1.79. The fourth-order valence-corrected chi connectivity index (χ4v) is 3.84. The number of anilines is 2. The van der Waals surface area contributed by atoms with Gasteiger partial charge in [0.25, 0.3) is 0 Å². The molecule has 0 saturated carbocycles. The second-order valence-corrected chi connectivity index (χ2v) is 13.9. The van der Waals surface area contributed by atoms with E-state index in [1.807, 2.05) is 30.3 Å². The van der Waals surface area contributed by atoms with Gasteiger partial charge in [0.1, 0.15) is 22.6 Å². The molecule has 1 N–H and O–H groups in total. The van der Waals surface area contributed by atoms with Crippen molar-refractivity contribution in [2.75, 3.05) is 18.5 Å². The number of aromatic nitrogens is 1. The fraction of sp³-hybridized carbons (Fsp3) is 0.435. The quantitative estimate of drug-likeness (QED) is 0.292. The van der Waals surface area contributed by atoms with Crippen molar-refractivity contribution in [1.29, 1.82) is 5.26 Å². The molecule has 31 heavy (non-hydrogen) atoms. The van der Waals surface area contributed by atoms with Crippen LogP contribution in [0.2, 0.25) is 23.3 Å². The normalized spacial score (nSPS) is 11.7. The first-order valence-corrected chi connectivity index (χ1v) is 13.5. The number of carbonyl (C=O) groups excluding carboxylic acids is 1. The first-order chi connectivity index (χ1) is 14.5. The van der Waals surface area contributed by atoms with Gasteiger partial charge in [0.05, 0.1) is 12.2 Å². The number of pyridine rings is 1. The third-order valence-corrected chi connectivity index (χ3v) is 10.3. The van der Waals surface area contributed by atoms with Gasteiger partial charge in [-0.05, 0) is 55.2 Å². The number of hydrogen-bond acceptors (Lipinski definition) is 6. The van der Waals surface area contributed by atoms with Crippen molar-refractivity contribution in [2.24, 2.45) is 0 Å². The summed E-state index contributed by atoms with van der Waals surface area (Å²) < 4.78 is 11.4. The zero-order valence-corrected chi connectivity index (χ0v) is 20.8. The Morgan fingerprint density at radius 2 is 2.00 bits per heavy atom. The molecular formula is C23H30ClN3O3Si. The van der Waals surface area contributed by atoms with Gasteiger partial charge >= 0.3 is 5.97 Å². The highest BCUT2D eigenvalue weighted by molar-refractivity contribution is 6.74. The van der Waals surface area contributed by atoms with E-state index < -0.39 is 14.3 Å². The van der Waals surface area contributed by atoms with Crippen molar-refractivity contribution < 1.29 is 14.0 Å². The molecule has 0 unspecified atom stereocenters. The Balaban J connectivity index is 2.20. The number of nitrogens with zero attached hydrogens (tertiary/aromatic N) is 2. The molecule has 1 aromatic heterocycles. The third kappa shape index (κ3) is 6.54. The van der Waals surface area contributed by atoms with Crippen LogP contribution in [0.3, 0.4) is 0 Å². The van der Waals surface area contributed by atoms with E-state index in [-0.39, 0.29) is 33.7 Å². The average Bonchev–Trinajstić information content (AvgIpc) is 2.67. The monoisotopic (exact) mass is 459 g/mol. The molecule has 2 rings (SSSR count). The molecule has 0 aliphatic rings. The Hall–Kier alpha value is -2.40. The number of ether oxygens (including phenoxy) is 1. The summed E-state index contributed by atoms with van der Waals surface area (Å²) in [6.07, 6.45) is 0.772. The summed E-state index contributed by atoms with van der Waals surface area (Å²) in [6, 6.07) is 11.2. The van der Waals surface area contributed by atoms with Crippen molar-refractivity contribution in [2.45, 2.75) is 52.2 Å². The first kappa shape index (κ1) is 24.9. The van der Waals surface area contributed by atoms with E-state index in [0.717, 1.165) is 17.7 Å². The first-order valence-electron chi connectivity index (χ1n) is 10.3. The molecule has 0 aliphatic carbocycles. The molecule has 0 saturated heterocycles. The molecule has 0 aliphatic heterocycles. The summed E-state index contributed by atoms with van der Waals surface area (Å²) in [5, 5.41) is 12.5. The van der Waals surface area contributed by atoms with Crippen LogP contribution < -0.4 is 5.32 Å². The second-order valence-electron chi connectivity index (χ2n) is 8.74. The lowest BCUT2D eigenvalue weighted by Crippen LogP contribution is -2.41. The summed E-state index contributed by atoms with van der Waals surface area (Å²) in [4.78, 5) is 16.6. The topological polar surface area (TPSA) is 84.2 Å². The molecule has 0 amide bonds. The maximum atomic E-state index is 12.4. The second kappa shape index (κ2) is 10.3. The van der Waals surface area contributed by atoms with Gasteiger partial charge in [0.15, 0.2) is 8.32 Å². The molecule has 2 aromatic rings. The number of carbonyl (C=O) groups is 1. The molecule has 8 heteroatoms. The molecule has 0 fully saturated rings. The number of hydrogen-bond donors (Lipinski definition) is 1. The lowest BCUT2D eigenvalue weighted by Gasteiger charge is -2.36. The van der Waals surface area contributed by atoms with Gasteiger partial charge in [-0.15, -0.1) is 0 Å². The number of benzene rings is 1. The van der Waals surface area contributed by atoms with E-state index in [0.29, 0.717) is 6.61 Å². The van der Waals surface area contributed by atoms with Gasteiger partial charge in [-0.1, -0.05) is 44.5 Å². The van der Waals surface area contributed by atoms with Crippen molar-refractivity contribution >= 4 is 37.4 Å². The van der Waals surface area contributed by atoms with Crippen molar-refractivity contribution in [3.05, 3.63) is 52.2 Å². The summed E-state index contributed by atoms with van der Waals surface area (Å²) in [5.74, 6) is -0.318. The zero-order chi connectivity index (χ0) is 23.2. The van der Waals surface area contributed by atoms with E-state index in [4.69, 9.17) is 20.8 Å². The van der Waals surface area contributed by atoms with Crippen molar-refractivity contribution in [3.63, 3.8) is 0 Å². The van der Waals surface area contributed by atoms with Gasteiger partial charge < -0.3 is 14.5 Å². The minimum Gasteiger partial charge on any atom is -0.462 e. The van der Waals surface area contributed by atoms with Gasteiger partial charge in [-0.3, -0.25) is 0 Å². The average molecular weight is 460 g/mol. The summed E-state index contributed by atoms with van der Waals surface area (Å²) >= 11 is 6.09. The largest absolute Gasteiger partial charge is 0.462 e. The Labute approximate surface area is 190 Å². The lowest BCUT2D eigenvalue weighted by molar-refractivity contribution is 0.0527. The van der Waals surface area contributed by atoms with Gasteiger partial charge in [-0.25, -0.2) is 9.78 Å². The molecule has 166 valence electrons. The Bertz CT molecular complexity index is 981. The van der Waals surface area contributed by atoms with Crippen LogP contribution in [0.15, 0.2) is 30.3 Å². The highest BCUT2D eigenvalue weighted by atomic mass is 35.5. The molecule has 6 nitrogen and oxygen atoms in total. The van der Waals surface area contributed by atoms with Crippen LogP contribution >= 0.6 is 11.6 Å². The summed E-state index contributed by atoms with van der Waals surface area (Å²) in [6.45, 7) is 13.7. The standard InChI is InChI=1S/C23H30ClN3O3Si/c1-7-29-22(28)19-14-17(15-25)20(24)27-21(19)26-18-10-8-9-16(13-18)11-12-30-31(5,6)23(2,3)4/h8-10,13-14H,7,11-12H2,1-6H3,(H,26,27). The minimum absolute atomic E-state index is 0.0250. The van der Waals surface area contributed by atoms with Crippen LogP contribution in [0.1, 0.15) is 49.2 Å². The van der Waals surface area contributed by atoms with Crippen LogP contribution in [0, 0.1) is 11.3 Å². The predicted octanol–water partition coefficient (Wildman–Crippen LogP) is 6.09. The molecular weight excluding hydrogens is 430 g/mol. The van der Waals surface area contributed by atoms with Gasteiger partial charge in [-0.2, -0.15) is 5.26 Å². The molecule has 0 bridgehead atoms. The third-order valence-electron chi connectivity index (χ3n) is 5.44. The number of nitriles is 1. The highest BCUT2D eigenvalue weighted by Gasteiger charge is 2.36. The van der Waals surface area contributed by atoms with Gasteiger partial charge in [0, 0.05) is 12.3 Å². The molecule has 1 aromatic carbocycles.